The number of aryl methyl sites for hydroxylation is 1. The van der Waals surface area contributed by atoms with E-state index in [1.165, 1.54) is 5.56 Å². The van der Waals surface area contributed by atoms with E-state index >= 15 is 0 Å². The molecule has 0 amide bonds. The molecule has 0 spiro atoms. The van der Waals surface area contributed by atoms with Gasteiger partial charge >= 0.3 is 5.97 Å². The molecule has 0 radical (unpaired) electrons. The summed E-state index contributed by atoms with van der Waals surface area (Å²) in [7, 11) is 0. The minimum absolute atomic E-state index is 0.161. The summed E-state index contributed by atoms with van der Waals surface area (Å²) < 4.78 is 5.22. The fraction of sp³-hybridized carbons (Fsp3) is 0.500. The molecule has 2 N–H and O–H groups in total. The van der Waals surface area contributed by atoms with Crippen LogP contribution in [0.4, 0.5) is 0 Å². The molecule has 0 saturated carbocycles. The fourth-order valence-corrected chi connectivity index (χ4v) is 1.57. The first kappa shape index (κ1) is 13.7. The topological polar surface area (TPSA) is 52.3 Å². The highest BCUT2D eigenvalue weighted by atomic mass is 16.5. The Bertz CT molecular complexity index is 333. The van der Waals surface area contributed by atoms with Gasteiger partial charge in [-0.2, -0.15) is 0 Å². The summed E-state index contributed by atoms with van der Waals surface area (Å²) in [6.07, 6.45) is 4.27. The quantitative estimate of drug-likeness (QED) is 0.449. The van der Waals surface area contributed by atoms with Crippen molar-refractivity contribution in [1.82, 2.24) is 0 Å². The molecule has 1 rings (SSSR count). The van der Waals surface area contributed by atoms with E-state index in [4.69, 9.17) is 10.5 Å². The third kappa shape index (κ3) is 5.50. The van der Waals surface area contributed by atoms with Crippen LogP contribution in [0.1, 0.15) is 38.2 Å². The summed E-state index contributed by atoms with van der Waals surface area (Å²) >= 11 is 0. The third-order valence-corrected chi connectivity index (χ3v) is 2.65. The number of hydrogen-bond donors (Lipinski definition) is 1. The second kappa shape index (κ2) is 7.85. The van der Waals surface area contributed by atoms with Crippen LogP contribution in [0.3, 0.4) is 0 Å². The predicted octanol–water partition coefficient (Wildman–Crippen LogP) is 2.67. The Kier molecular flexibility index (Phi) is 6.33. The van der Waals surface area contributed by atoms with Gasteiger partial charge < -0.3 is 10.5 Å². The molecule has 0 aromatic heterocycles. The maximum atomic E-state index is 11.5. The molecule has 0 fully saturated rings. The van der Waals surface area contributed by atoms with Crippen LogP contribution in [0.15, 0.2) is 24.3 Å². The number of ether oxygens (including phenoxy) is 1. The fourth-order valence-electron chi connectivity index (χ4n) is 1.57. The number of benzene rings is 1. The molecule has 0 heterocycles. The average Bonchev–Trinajstić information content (AvgIpc) is 2.36. The molecule has 1 aromatic rings. The van der Waals surface area contributed by atoms with Crippen LogP contribution in [0, 0.1) is 0 Å². The lowest BCUT2D eigenvalue weighted by molar-refractivity contribution is -0.134. The van der Waals surface area contributed by atoms with Gasteiger partial charge in [0.2, 0.25) is 0 Å². The maximum absolute atomic E-state index is 11.5. The zero-order valence-corrected chi connectivity index (χ0v) is 10.4. The van der Waals surface area contributed by atoms with Crippen molar-refractivity contribution in [2.24, 2.45) is 5.73 Å². The molecule has 3 heteroatoms. The first-order valence-electron chi connectivity index (χ1n) is 6.26. The van der Waals surface area contributed by atoms with E-state index in [0.717, 1.165) is 25.7 Å². The minimum atomic E-state index is -0.161. The van der Waals surface area contributed by atoms with E-state index in [1.54, 1.807) is 0 Å². The lowest BCUT2D eigenvalue weighted by Gasteiger charge is -2.04. The lowest BCUT2D eigenvalue weighted by atomic mass is 10.2. The molecule has 0 aliphatic heterocycles. The molecule has 94 valence electrons. The standard InChI is InChI=1S/C14H21NO2/c1-2-12-7-9-13(10-8-12)17-14(16)6-4-3-5-11-15/h7-10H,2-6,11,15H2,1H3. The number of rotatable bonds is 7. The van der Waals surface area contributed by atoms with Crippen LogP contribution in [0.2, 0.25) is 0 Å². The van der Waals surface area contributed by atoms with Crippen molar-refractivity contribution >= 4 is 5.97 Å². The minimum Gasteiger partial charge on any atom is -0.427 e. The van der Waals surface area contributed by atoms with Crippen molar-refractivity contribution in [2.75, 3.05) is 6.54 Å². The zero-order valence-electron chi connectivity index (χ0n) is 10.4. The molecule has 17 heavy (non-hydrogen) atoms. The van der Waals surface area contributed by atoms with Crippen molar-refractivity contribution in [2.45, 2.75) is 39.0 Å². The number of nitrogens with two attached hydrogens (primary N) is 1. The van der Waals surface area contributed by atoms with Gasteiger partial charge in [0, 0.05) is 6.42 Å². The molecular weight excluding hydrogens is 214 g/mol. The smallest absolute Gasteiger partial charge is 0.311 e. The highest BCUT2D eigenvalue weighted by Gasteiger charge is 2.04. The largest absolute Gasteiger partial charge is 0.427 e. The first-order valence-corrected chi connectivity index (χ1v) is 6.26. The lowest BCUT2D eigenvalue weighted by Crippen LogP contribution is -2.08. The Labute approximate surface area is 103 Å². The van der Waals surface area contributed by atoms with Gasteiger partial charge in [0.15, 0.2) is 0 Å². The number of carbonyl (C=O) groups excluding carboxylic acids is 1. The van der Waals surface area contributed by atoms with Gasteiger partial charge in [-0.15, -0.1) is 0 Å². The molecule has 0 unspecified atom stereocenters. The van der Waals surface area contributed by atoms with Crippen LogP contribution in [-0.2, 0) is 11.2 Å². The average molecular weight is 235 g/mol. The Hall–Kier alpha value is -1.35. The summed E-state index contributed by atoms with van der Waals surface area (Å²) in [6.45, 7) is 2.78. The van der Waals surface area contributed by atoms with Gasteiger partial charge in [-0.3, -0.25) is 4.79 Å². The highest BCUT2D eigenvalue weighted by molar-refractivity contribution is 5.72. The monoisotopic (exact) mass is 235 g/mol. The highest BCUT2D eigenvalue weighted by Crippen LogP contribution is 2.13. The Balaban J connectivity index is 2.29. The van der Waals surface area contributed by atoms with Crippen molar-refractivity contribution < 1.29 is 9.53 Å². The second-order valence-electron chi connectivity index (χ2n) is 4.07. The first-order chi connectivity index (χ1) is 8.26. The van der Waals surface area contributed by atoms with Crippen LogP contribution in [0.5, 0.6) is 5.75 Å². The summed E-state index contributed by atoms with van der Waals surface area (Å²) in [5.41, 5.74) is 6.62. The molecule has 0 aliphatic carbocycles. The molecule has 0 atom stereocenters. The number of hydrogen-bond acceptors (Lipinski definition) is 3. The van der Waals surface area contributed by atoms with Crippen molar-refractivity contribution in [3.05, 3.63) is 29.8 Å². The summed E-state index contributed by atoms with van der Waals surface area (Å²) in [5.74, 6) is 0.470. The normalized spacial score (nSPS) is 10.2. The summed E-state index contributed by atoms with van der Waals surface area (Å²) in [6, 6.07) is 7.65. The van der Waals surface area contributed by atoms with E-state index in [2.05, 4.69) is 6.92 Å². The van der Waals surface area contributed by atoms with Gasteiger partial charge in [-0.25, -0.2) is 0 Å². The SMILES string of the molecule is CCc1ccc(OC(=O)CCCCCN)cc1. The zero-order chi connectivity index (χ0) is 12.5. The van der Waals surface area contributed by atoms with Crippen LogP contribution >= 0.6 is 0 Å². The van der Waals surface area contributed by atoms with Gasteiger partial charge in [-0.05, 0) is 43.5 Å². The molecular formula is C14H21NO2. The van der Waals surface area contributed by atoms with Gasteiger partial charge in [-0.1, -0.05) is 25.5 Å². The van der Waals surface area contributed by atoms with Crippen molar-refractivity contribution in [3.8, 4) is 5.75 Å². The van der Waals surface area contributed by atoms with Crippen LogP contribution < -0.4 is 10.5 Å². The third-order valence-electron chi connectivity index (χ3n) is 2.65. The molecule has 0 aliphatic rings. The number of carbonyl (C=O) groups is 1. The number of unbranched alkanes of at least 4 members (excludes halogenated alkanes) is 2. The van der Waals surface area contributed by atoms with Crippen molar-refractivity contribution in [1.29, 1.82) is 0 Å². The summed E-state index contributed by atoms with van der Waals surface area (Å²) in [5, 5.41) is 0. The Morgan fingerprint density at radius 2 is 1.88 bits per heavy atom. The molecule has 3 nitrogen and oxygen atoms in total. The number of esters is 1. The Morgan fingerprint density at radius 3 is 2.47 bits per heavy atom. The Morgan fingerprint density at radius 1 is 1.18 bits per heavy atom. The maximum Gasteiger partial charge on any atom is 0.311 e. The predicted molar refractivity (Wildman–Crippen MR) is 69.0 cm³/mol. The van der Waals surface area contributed by atoms with E-state index in [-0.39, 0.29) is 5.97 Å². The van der Waals surface area contributed by atoms with E-state index in [9.17, 15) is 4.79 Å². The van der Waals surface area contributed by atoms with Crippen LogP contribution in [0.25, 0.3) is 0 Å². The molecule has 0 bridgehead atoms. The van der Waals surface area contributed by atoms with Crippen LogP contribution in [-0.4, -0.2) is 12.5 Å². The van der Waals surface area contributed by atoms with Gasteiger partial charge in [0.05, 0.1) is 0 Å². The summed E-state index contributed by atoms with van der Waals surface area (Å²) in [4.78, 5) is 11.5. The van der Waals surface area contributed by atoms with Gasteiger partial charge in [0.1, 0.15) is 5.75 Å². The van der Waals surface area contributed by atoms with E-state index in [0.29, 0.717) is 18.7 Å². The van der Waals surface area contributed by atoms with Gasteiger partial charge in [0.25, 0.3) is 0 Å². The van der Waals surface area contributed by atoms with E-state index < -0.39 is 0 Å². The van der Waals surface area contributed by atoms with E-state index in [1.807, 2.05) is 24.3 Å². The molecule has 1 aromatic carbocycles. The second-order valence-corrected chi connectivity index (χ2v) is 4.07. The van der Waals surface area contributed by atoms with Crippen molar-refractivity contribution in [3.63, 3.8) is 0 Å². The molecule has 0 saturated heterocycles.